The Labute approximate surface area is 115 Å². The summed E-state index contributed by atoms with van der Waals surface area (Å²) in [6, 6.07) is 0. The van der Waals surface area contributed by atoms with Crippen LogP contribution < -0.4 is 9.80 Å². The zero-order valence-electron chi connectivity index (χ0n) is 11.2. The molecule has 0 saturated carbocycles. The van der Waals surface area contributed by atoms with E-state index in [2.05, 4.69) is 37.7 Å². The highest BCUT2D eigenvalue weighted by atomic mass is 32.1. The molecule has 0 atom stereocenters. The minimum absolute atomic E-state index is 0.863. The molecule has 0 spiro atoms. The summed E-state index contributed by atoms with van der Waals surface area (Å²) < 4.78 is 1.73. The Morgan fingerprint density at radius 2 is 1.41 bits per heavy atom. The first kappa shape index (κ1) is 14.6. The molecule has 0 aliphatic heterocycles. The molecule has 0 heterocycles. The maximum Gasteiger partial charge on any atom is 0.0834 e. The van der Waals surface area contributed by atoms with Crippen molar-refractivity contribution in [3.05, 3.63) is 9.02 Å². The van der Waals surface area contributed by atoms with Gasteiger partial charge in [-0.05, 0) is 13.3 Å². The quantitative estimate of drug-likeness (QED) is 0.543. The summed E-state index contributed by atoms with van der Waals surface area (Å²) in [5.41, 5.74) is 2.33. The zero-order valence-corrected chi connectivity index (χ0v) is 12.9. The van der Waals surface area contributed by atoms with Crippen molar-refractivity contribution in [1.82, 2.24) is 0 Å². The second-order valence-electron chi connectivity index (χ2n) is 4.50. The topological polar surface area (TPSA) is 6.48 Å². The van der Waals surface area contributed by atoms with Gasteiger partial charge in [0, 0.05) is 27.2 Å². The predicted molar refractivity (Wildman–Crippen MR) is 82.2 cm³/mol. The first-order valence-electron chi connectivity index (χ1n) is 6.30. The van der Waals surface area contributed by atoms with Crippen LogP contribution in [0.15, 0.2) is 0 Å². The number of anilines is 2. The number of unbranched alkanes of at least 4 members (excludes halogenated alkanes) is 2. The molecule has 0 aromatic heterocycles. The van der Waals surface area contributed by atoms with Crippen LogP contribution in [0.25, 0.3) is 0 Å². The van der Waals surface area contributed by atoms with Crippen LogP contribution in [0.3, 0.4) is 0 Å². The van der Waals surface area contributed by atoms with Gasteiger partial charge in [-0.15, -0.1) is 0 Å². The number of hydrogen-bond acceptors (Lipinski definition) is 4. The van der Waals surface area contributed by atoms with E-state index in [0.717, 1.165) is 27.8 Å². The Balaban J connectivity index is 2.80. The Kier molecular flexibility index (Phi) is 5.53. The normalized spacial score (nSPS) is 10.8. The Bertz CT molecular complexity index is 433. The number of nitrogens with zero attached hydrogens (tertiary/aromatic N) is 2. The highest BCUT2D eigenvalue weighted by Gasteiger charge is 2.20. The highest BCUT2D eigenvalue weighted by molar-refractivity contribution is 7.74. The molecule has 0 amide bonds. The van der Waals surface area contributed by atoms with Crippen LogP contribution in [-0.4, -0.2) is 27.2 Å². The summed E-state index contributed by atoms with van der Waals surface area (Å²) in [6.45, 7) is 6.38. The van der Waals surface area contributed by atoms with Gasteiger partial charge in [0.15, 0.2) is 0 Å². The fourth-order valence-corrected chi connectivity index (χ4v) is 2.64. The van der Waals surface area contributed by atoms with Crippen molar-refractivity contribution in [3.8, 4) is 0 Å². The fourth-order valence-electron chi connectivity index (χ4n) is 1.94. The highest BCUT2D eigenvalue weighted by Crippen LogP contribution is 2.37. The predicted octanol–water partition coefficient (Wildman–Crippen LogP) is 4.10. The third-order valence-corrected chi connectivity index (χ3v) is 4.12. The Hall–Kier alpha value is -0.480. The molecule has 4 heteroatoms. The van der Waals surface area contributed by atoms with Crippen molar-refractivity contribution < 1.29 is 0 Å². The minimum Gasteiger partial charge on any atom is -0.372 e. The molecule has 0 radical (unpaired) electrons. The van der Waals surface area contributed by atoms with E-state index in [-0.39, 0.29) is 0 Å². The van der Waals surface area contributed by atoms with Crippen LogP contribution in [0.2, 0.25) is 0 Å². The number of rotatable bonds is 7. The van der Waals surface area contributed by atoms with Gasteiger partial charge in [0.2, 0.25) is 0 Å². The minimum atomic E-state index is 0.863. The standard InChI is InChI=1S/C13H22N2S2/c1-5-7-8-9-15(4)11-10(14(3)6-2)12(16)13(11)17/h5-9H2,1-4H3. The van der Waals surface area contributed by atoms with Gasteiger partial charge in [0.25, 0.3) is 0 Å². The van der Waals surface area contributed by atoms with Crippen molar-refractivity contribution in [2.45, 2.75) is 33.1 Å². The van der Waals surface area contributed by atoms with Crippen molar-refractivity contribution in [3.63, 3.8) is 0 Å². The Morgan fingerprint density at radius 3 is 1.88 bits per heavy atom. The summed E-state index contributed by atoms with van der Waals surface area (Å²) in [5, 5.41) is 0. The first-order valence-corrected chi connectivity index (χ1v) is 7.11. The molecule has 0 aliphatic carbocycles. The molecule has 96 valence electrons. The average molecular weight is 270 g/mol. The van der Waals surface area contributed by atoms with Crippen molar-refractivity contribution in [2.24, 2.45) is 0 Å². The van der Waals surface area contributed by atoms with E-state index in [1.54, 1.807) is 0 Å². The second kappa shape index (κ2) is 6.45. The largest absolute Gasteiger partial charge is 0.372 e. The molecule has 0 fully saturated rings. The SMILES string of the molecule is CCCCCN(C)c1c(N(C)CC)c(=S)c1=S. The van der Waals surface area contributed by atoms with Gasteiger partial charge in [0.05, 0.1) is 20.4 Å². The molecule has 0 saturated heterocycles. The van der Waals surface area contributed by atoms with Gasteiger partial charge in [-0.2, -0.15) is 0 Å². The van der Waals surface area contributed by atoms with Gasteiger partial charge < -0.3 is 9.80 Å². The molecular formula is C13H22N2S2. The molecule has 0 N–H and O–H groups in total. The van der Waals surface area contributed by atoms with E-state index >= 15 is 0 Å². The van der Waals surface area contributed by atoms with Gasteiger partial charge in [-0.1, -0.05) is 44.2 Å². The van der Waals surface area contributed by atoms with Gasteiger partial charge in [-0.25, -0.2) is 0 Å². The monoisotopic (exact) mass is 270 g/mol. The lowest BCUT2D eigenvalue weighted by molar-refractivity contribution is 0.703. The Morgan fingerprint density at radius 1 is 0.882 bits per heavy atom. The van der Waals surface area contributed by atoms with Crippen LogP contribution in [0.5, 0.6) is 0 Å². The van der Waals surface area contributed by atoms with Crippen molar-refractivity contribution in [2.75, 3.05) is 37.0 Å². The lowest BCUT2D eigenvalue weighted by atomic mass is 10.1. The average Bonchev–Trinajstić information content (AvgIpc) is 2.33. The molecule has 1 rings (SSSR count). The van der Waals surface area contributed by atoms with E-state index in [4.69, 9.17) is 24.4 Å². The molecular weight excluding hydrogens is 248 g/mol. The maximum atomic E-state index is 5.36. The smallest absolute Gasteiger partial charge is 0.0834 e. The van der Waals surface area contributed by atoms with E-state index < -0.39 is 0 Å². The second-order valence-corrected chi connectivity index (χ2v) is 5.31. The summed E-state index contributed by atoms with van der Waals surface area (Å²) in [4.78, 5) is 4.44. The van der Waals surface area contributed by atoms with Gasteiger partial charge in [0.1, 0.15) is 0 Å². The molecule has 1 aromatic rings. The van der Waals surface area contributed by atoms with Crippen LogP contribution in [0, 0.1) is 9.02 Å². The molecule has 0 aliphatic rings. The van der Waals surface area contributed by atoms with E-state index in [1.807, 2.05) is 0 Å². The third kappa shape index (κ3) is 3.05. The molecule has 0 bridgehead atoms. The van der Waals surface area contributed by atoms with Gasteiger partial charge >= 0.3 is 0 Å². The maximum absolute atomic E-state index is 5.36. The lowest BCUT2D eigenvalue weighted by Crippen LogP contribution is -2.26. The third-order valence-electron chi connectivity index (χ3n) is 3.20. The van der Waals surface area contributed by atoms with E-state index in [0.29, 0.717) is 0 Å². The summed E-state index contributed by atoms with van der Waals surface area (Å²) in [6.07, 6.45) is 3.74. The van der Waals surface area contributed by atoms with Crippen LogP contribution in [0.1, 0.15) is 33.1 Å². The van der Waals surface area contributed by atoms with Crippen LogP contribution >= 0.6 is 24.4 Å². The summed E-state index contributed by atoms with van der Waals surface area (Å²) in [7, 11) is 4.19. The summed E-state index contributed by atoms with van der Waals surface area (Å²) >= 11 is 10.7. The molecule has 0 unspecified atom stereocenters. The lowest BCUT2D eigenvalue weighted by Gasteiger charge is -2.30. The van der Waals surface area contributed by atoms with E-state index in [9.17, 15) is 0 Å². The van der Waals surface area contributed by atoms with Crippen molar-refractivity contribution in [1.29, 1.82) is 0 Å². The van der Waals surface area contributed by atoms with E-state index in [1.165, 1.54) is 24.9 Å². The molecule has 2 nitrogen and oxygen atoms in total. The van der Waals surface area contributed by atoms with Crippen LogP contribution in [0.4, 0.5) is 11.4 Å². The molecule has 1 aromatic carbocycles. The van der Waals surface area contributed by atoms with Crippen LogP contribution in [-0.2, 0) is 0 Å². The zero-order chi connectivity index (χ0) is 13.0. The summed E-state index contributed by atoms with van der Waals surface area (Å²) in [5.74, 6) is 0. The fraction of sp³-hybridized carbons (Fsp3) is 0.692. The van der Waals surface area contributed by atoms with Crippen molar-refractivity contribution >= 4 is 35.8 Å². The first-order chi connectivity index (χ1) is 8.04. The number of hydrogen-bond donors (Lipinski definition) is 0. The van der Waals surface area contributed by atoms with Gasteiger partial charge in [-0.3, -0.25) is 0 Å². The molecule has 17 heavy (non-hydrogen) atoms.